The van der Waals surface area contributed by atoms with Gasteiger partial charge in [-0.25, -0.2) is 0 Å². The molecule has 0 N–H and O–H groups in total. The molecule has 0 saturated carbocycles. The molecule has 40 heavy (non-hydrogen) atoms. The lowest BCUT2D eigenvalue weighted by Gasteiger charge is -2.26. The molecule has 8 aromatic rings. The molecule has 0 atom stereocenters. The van der Waals surface area contributed by atoms with Crippen LogP contribution in [0.2, 0.25) is 0 Å². The Bertz CT molecular complexity index is 2160. The minimum atomic E-state index is 0.921. The van der Waals surface area contributed by atoms with Crippen LogP contribution < -0.4 is 4.90 Å². The lowest BCUT2D eigenvalue weighted by atomic mass is 10.0. The number of furan rings is 1. The van der Waals surface area contributed by atoms with Gasteiger partial charge in [-0.3, -0.25) is 0 Å². The van der Waals surface area contributed by atoms with Crippen molar-refractivity contribution in [3.63, 3.8) is 0 Å². The van der Waals surface area contributed by atoms with Crippen LogP contribution in [0.5, 0.6) is 0 Å². The first-order valence-corrected chi connectivity index (χ1v) is 13.6. The highest BCUT2D eigenvalue weighted by molar-refractivity contribution is 6.19. The van der Waals surface area contributed by atoms with E-state index in [1.54, 1.807) is 0 Å². The Morgan fingerprint density at radius 3 is 1.85 bits per heavy atom. The Morgan fingerprint density at radius 1 is 0.375 bits per heavy atom. The van der Waals surface area contributed by atoms with Crippen molar-refractivity contribution >= 4 is 60.5 Å². The van der Waals surface area contributed by atoms with E-state index in [4.69, 9.17) is 4.42 Å². The summed E-state index contributed by atoms with van der Waals surface area (Å²) in [5.74, 6) is 0. The van der Waals surface area contributed by atoms with Crippen LogP contribution in [0.15, 0.2) is 156 Å². The monoisotopic (exact) mass is 511 g/mol. The van der Waals surface area contributed by atoms with E-state index in [2.05, 4.69) is 144 Å². The largest absolute Gasteiger partial charge is 0.456 e. The third kappa shape index (κ3) is 3.73. The van der Waals surface area contributed by atoms with Gasteiger partial charge in [0.05, 0.1) is 0 Å². The van der Waals surface area contributed by atoms with E-state index in [0.29, 0.717) is 0 Å². The third-order valence-electron chi connectivity index (χ3n) is 7.82. The number of rotatable bonds is 4. The molecule has 2 nitrogen and oxygen atoms in total. The summed E-state index contributed by atoms with van der Waals surface area (Å²) in [5, 5.41) is 7.16. The van der Waals surface area contributed by atoms with Crippen LogP contribution in [0.4, 0.5) is 17.1 Å². The second-order valence-corrected chi connectivity index (χ2v) is 10.2. The van der Waals surface area contributed by atoms with E-state index in [1.165, 1.54) is 38.1 Å². The molecule has 0 unspecified atom stereocenters. The highest BCUT2D eigenvalue weighted by Crippen LogP contribution is 2.40. The van der Waals surface area contributed by atoms with Crippen LogP contribution in [0.3, 0.4) is 0 Å². The predicted molar refractivity (Wildman–Crippen MR) is 169 cm³/mol. The van der Waals surface area contributed by atoms with Crippen molar-refractivity contribution in [2.75, 3.05) is 4.90 Å². The van der Waals surface area contributed by atoms with E-state index in [1.807, 2.05) is 12.1 Å². The molecule has 7 aromatic carbocycles. The van der Waals surface area contributed by atoms with Crippen molar-refractivity contribution in [2.24, 2.45) is 0 Å². The van der Waals surface area contributed by atoms with Gasteiger partial charge in [-0.2, -0.15) is 0 Å². The van der Waals surface area contributed by atoms with Crippen LogP contribution in [-0.4, -0.2) is 0 Å². The molecule has 0 spiro atoms. The SMILES string of the molecule is c1ccc(-c2ccc(N(c3ccc4ccccc4c3)c3ccc4c(ccc5oc6ccccc6c54)c3)cc2)cc1. The first kappa shape index (κ1) is 22.6. The molecule has 188 valence electrons. The van der Waals surface area contributed by atoms with Crippen molar-refractivity contribution in [1.29, 1.82) is 0 Å². The van der Waals surface area contributed by atoms with Crippen molar-refractivity contribution < 1.29 is 4.42 Å². The van der Waals surface area contributed by atoms with E-state index < -0.39 is 0 Å². The van der Waals surface area contributed by atoms with Gasteiger partial charge in [0.2, 0.25) is 0 Å². The standard InChI is InChI=1S/C38H25NO/c1-2-8-26(9-3-1)28-14-18-31(19-15-28)39(32-20-16-27-10-4-5-11-29(27)24-32)33-21-22-34-30(25-33)17-23-37-38(34)35-12-6-7-13-36(35)40-37/h1-25H. The summed E-state index contributed by atoms with van der Waals surface area (Å²) in [5.41, 5.74) is 7.62. The second kappa shape index (κ2) is 9.14. The summed E-state index contributed by atoms with van der Waals surface area (Å²) in [6.45, 7) is 0. The molecule has 0 saturated heterocycles. The van der Waals surface area contributed by atoms with Gasteiger partial charge >= 0.3 is 0 Å². The molecule has 8 rings (SSSR count). The average molecular weight is 512 g/mol. The lowest BCUT2D eigenvalue weighted by molar-refractivity contribution is 0.669. The molecule has 0 fully saturated rings. The molecular weight excluding hydrogens is 486 g/mol. The van der Waals surface area contributed by atoms with E-state index >= 15 is 0 Å². The molecule has 1 aromatic heterocycles. The summed E-state index contributed by atoms with van der Waals surface area (Å²) >= 11 is 0. The normalized spacial score (nSPS) is 11.5. The summed E-state index contributed by atoms with van der Waals surface area (Å²) < 4.78 is 6.16. The smallest absolute Gasteiger partial charge is 0.136 e. The highest BCUT2D eigenvalue weighted by atomic mass is 16.3. The lowest BCUT2D eigenvalue weighted by Crippen LogP contribution is -2.09. The topological polar surface area (TPSA) is 16.4 Å². The van der Waals surface area contributed by atoms with Gasteiger partial charge in [-0.15, -0.1) is 0 Å². The first-order valence-electron chi connectivity index (χ1n) is 13.6. The van der Waals surface area contributed by atoms with Crippen LogP contribution in [0.1, 0.15) is 0 Å². The number of hydrogen-bond donors (Lipinski definition) is 0. The van der Waals surface area contributed by atoms with Crippen LogP contribution >= 0.6 is 0 Å². The van der Waals surface area contributed by atoms with Gasteiger partial charge < -0.3 is 9.32 Å². The molecule has 0 bridgehead atoms. The number of fused-ring (bicyclic) bond motifs is 6. The quantitative estimate of drug-likeness (QED) is 0.234. The Hall–Kier alpha value is -5.34. The van der Waals surface area contributed by atoms with E-state index in [0.717, 1.165) is 33.6 Å². The fourth-order valence-corrected chi connectivity index (χ4v) is 5.88. The van der Waals surface area contributed by atoms with Gasteiger partial charge in [0.1, 0.15) is 11.2 Å². The number of nitrogens with zero attached hydrogens (tertiary/aromatic N) is 1. The van der Waals surface area contributed by atoms with E-state index in [9.17, 15) is 0 Å². The van der Waals surface area contributed by atoms with Crippen molar-refractivity contribution in [3.8, 4) is 11.1 Å². The minimum Gasteiger partial charge on any atom is -0.456 e. The maximum Gasteiger partial charge on any atom is 0.136 e. The number of hydrogen-bond acceptors (Lipinski definition) is 2. The second-order valence-electron chi connectivity index (χ2n) is 10.2. The van der Waals surface area contributed by atoms with Crippen LogP contribution in [0.25, 0.3) is 54.6 Å². The molecular formula is C38H25NO. The van der Waals surface area contributed by atoms with Gasteiger partial charge in [0, 0.05) is 27.8 Å². The minimum absolute atomic E-state index is 0.921. The highest BCUT2D eigenvalue weighted by Gasteiger charge is 2.16. The molecule has 0 radical (unpaired) electrons. The fourth-order valence-electron chi connectivity index (χ4n) is 5.88. The number of para-hydroxylation sites is 1. The van der Waals surface area contributed by atoms with E-state index in [-0.39, 0.29) is 0 Å². The van der Waals surface area contributed by atoms with Crippen molar-refractivity contribution in [2.45, 2.75) is 0 Å². The third-order valence-corrected chi connectivity index (χ3v) is 7.82. The molecule has 0 aliphatic rings. The van der Waals surface area contributed by atoms with Crippen molar-refractivity contribution in [3.05, 3.63) is 152 Å². The van der Waals surface area contributed by atoms with Gasteiger partial charge in [0.25, 0.3) is 0 Å². The molecule has 0 aliphatic carbocycles. The summed E-state index contributed by atoms with van der Waals surface area (Å²) in [6.07, 6.45) is 0. The summed E-state index contributed by atoms with van der Waals surface area (Å²) in [4.78, 5) is 2.35. The van der Waals surface area contributed by atoms with Gasteiger partial charge in [0.15, 0.2) is 0 Å². The molecule has 2 heteroatoms. The Balaban J connectivity index is 1.31. The zero-order valence-electron chi connectivity index (χ0n) is 21.8. The van der Waals surface area contributed by atoms with Crippen molar-refractivity contribution in [1.82, 2.24) is 0 Å². The Labute approximate surface area is 232 Å². The number of benzene rings is 7. The zero-order valence-corrected chi connectivity index (χ0v) is 21.8. The first-order chi connectivity index (χ1) is 19.8. The van der Waals surface area contributed by atoms with Gasteiger partial charge in [-0.05, 0) is 81.2 Å². The zero-order chi connectivity index (χ0) is 26.5. The molecule has 0 aliphatic heterocycles. The van der Waals surface area contributed by atoms with Crippen LogP contribution in [-0.2, 0) is 0 Å². The van der Waals surface area contributed by atoms with Gasteiger partial charge in [-0.1, -0.05) is 103 Å². The Morgan fingerprint density at radius 2 is 1.00 bits per heavy atom. The average Bonchev–Trinajstić information content (AvgIpc) is 3.41. The maximum atomic E-state index is 6.16. The maximum absolute atomic E-state index is 6.16. The Kier molecular flexibility index (Phi) is 5.17. The summed E-state index contributed by atoms with van der Waals surface area (Å²) in [6, 6.07) is 53.9. The molecule has 0 amide bonds. The molecule has 1 heterocycles. The fraction of sp³-hybridized carbons (Fsp3) is 0. The van der Waals surface area contributed by atoms with Crippen LogP contribution in [0, 0.1) is 0 Å². The predicted octanol–water partition coefficient (Wildman–Crippen LogP) is 11.0. The number of anilines is 3. The summed E-state index contributed by atoms with van der Waals surface area (Å²) in [7, 11) is 0.